The van der Waals surface area contributed by atoms with Crippen LogP contribution in [0.5, 0.6) is 11.5 Å². The van der Waals surface area contributed by atoms with Crippen LogP contribution >= 0.6 is 38.1 Å². The summed E-state index contributed by atoms with van der Waals surface area (Å²) in [4.78, 5) is 0. The molecule has 2 aromatic rings. The van der Waals surface area contributed by atoms with Gasteiger partial charge in [0, 0.05) is 0 Å². The van der Waals surface area contributed by atoms with E-state index in [0.717, 1.165) is 15.9 Å². The first kappa shape index (κ1) is 14.8. The van der Waals surface area contributed by atoms with E-state index in [-0.39, 0.29) is 0 Å². The second-order valence-corrected chi connectivity index (χ2v) is 43.9. The van der Waals surface area contributed by atoms with E-state index >= 15 is 0 Å². The number of benzene rings is 2. The molecule has 0 spiro atoms. The first-order chi connectivity index (χ1) is 8.53. The minimum absolute atomic E-state index is 0.860. The molecule has 2 aromatic carbocycles. The molecule has 0 saturated heterocycles. The van der Waals surface area contributed by atoms with Gasteiger partial charge in [-0.1, -0.05) is 0 Å². The van der Waals surface area contributed by atoms with Gasteiger partial charge in [0.1, 0.15) is 0 Å². The molecule has 0 atom stereocenters. The van der Waals surface area contributed by atoms with Crippen LogP contribution in [0.15, 0.2) is 54.6 Å². The zero-order valence-electron chi connectivity index (χ0n) is 9.32. The third kappa shape index (κ3) is 5.19. The van der Waals surface area contributed by atoms with Gasteiger partial charge in [-0.3, -0.25) is 0 Å². The predicted octanol–water partition coefficient (Wildman–Crippen LogP) is 3.07. The normalized spacial score (nSPS) is 12.2. The molecule has 0 radical (unpaired) electrons. The summed E-state index contributed by atoms with van der Waals surface area (Å²) in [6, 6.07) is 18.0. The molecule has 0 bridgehead atoms. The van der Waals surface area contributed by atoms with Crippen molar-refractivity contribution >= 4 is 38.1 Å². The SMILES string of the molecule is Br[I-](Br)(Br)Cc1cccc(Oc2ccccc2)c1. The van der Waals surface area contributed by atoms with Gasteiger partial charge in [-0.05, 0) is 0 Å². The summed E-state index contributed by atoms with van der Waals surface area (Å²) >= 11 is 9.00. The molecule has 0 unspecified atom stereocenters. The van der Waals surface area contributed by atoms with E-state index in [2.05, 4.69) is 50.2 Å². The zero-order valence-corrected chi connectivity index (χ0v) is 16.2. The molecule has 98 valence electrons. The van der Waals surface area contributed by atoms with Gasteiger partial charge in [0.05, 0.1) is 0 Å². The monoisotopic (exact) mass is 547 g/mol. The molecule has 0 aliphatic heterocycles. The Morgan fingerprint density at radius 1 is 0.833 bits per heavy atom. The predicted molar refractivity (Wildman–Crippen MR) is 83.4 cm³/mol. The van der Waals surface area contributed by atoms with Crippen molar-refractivity contribution in [1.29, 1.82) is 0 Å². The zero-order chi connectivity index (χ0) is 13.0. The average molecular weight is 550 g/mol. The molecular formula is C13H11Br3IO-. The van der Waals surface area contributed by atoms with Crippen molar-refractivity contribution < 1.29 is 16.5 Å². The molecule has 0 aliphatic carbocycles. The number of hydrogen-bond donors (Lipinski definition) is 0. The molecular weight excluding hydrogens is 539 g/mol. The van der Waals surface area contributed by atoms with Gasteiger partial charge < -0.3 is 0 Å². The van der Waals surface area contributed by atoms with E-state index in [1.54, 1.807) is 0 Å². The fourth-order valence-corrected chi connectivity index (χ4v) is 7.89. The van der Waals surface area contributed by atoms with Gasteiger partial charge >= 0.3 is 131 Å². The first-order valence-corrected chi connectivity index (χ1v) is 21.2. The topological polar surface area (TPSA) is 9.23 Å². The summed E-state index contributed by atoms with van der Waals surface area (Å²) in [7, 11) is 0. The fourth-order valence-electron chi connectivity index (χ4n) is 1.49. The molecule has 0 aliphatic rings. The molecule has 0 heterocycles. The van der Waals surface area contributed by atoms with Crippen LogP contribution in [-0.2, 0) is 4.43 Å². The summed E-state index contributed by atoms with van der Waals surface area (Å²) in [5, 5.41) is 0. The number of hydrogen-bond acceptors (Lipinski definition) is 1. The van der Waals surface area contributed by atoms with Crippen LogP contribution in [-0.4, -0.2) is 0 Å². The summed E-state index contributed by atoms with van der Waals surface area (Å²) in [6.45, 7) is 0. The van der Waals surface area contributed by atoms with Crippen molar-refractivity contribution in [3.8, 4) is 11.5 Å². The quantitative estimate of drug-likeness (QED) is 0.421. The van der Waals surface area contributed by atoms with Crippen LogP contribution in [0, 0.1) is 0 Å². The molecule has 0 aromatic heterocycles. The fraction of sp³-hybridized carbons (Fsp3) is 0.0769. The molecule has 2 rings (SSSR count). The Morgan fingerprint density at radius 3 is 2.17 bits per heavy atom. The number of ether oxygens (including phenoxy) is 1. The van der Waals surface area contributed by atoms with Crippen molar-refractivity contribution in [3.05, 3.63) is 60.2 Å². The number of alkyl halides is 1. The van der Waals surface area contributed by atoms with E-state index < -0.39 is 11.8 Å². The van der Waals surface area contributed by atoms with E-state index in [1.165, 1.54) is 5.56 Å². The summed E-state index contributed by atoms with van der Waals surface area (Å²) in [6.07, 6.45) is 0. The van der Waals surface area contributed by atoms with E-state index in [9.17, 15) is 0 Å². The molecule has 18 heavy (non-hydrogen) atoms. The molecule has 0 saturated carbocycles. The average Bonchev–Trinajstić information content (AvgIpc) is 2.28. The van der Waals surface area contributed by atoms with Crippen LogP contribution in [0.1, 0.15) is 5.56 Å². The Balaban J connectivity index is 2.13. The van der Waals surface area contributed by atoms with Crippen LogP contribution in [0.4, 0.5) is 0 Å². The summed E-state index contributed by atoms with van der Waals surface area (Å²) in [5.41, 5.74) is 1.26. The maximum atomic E-state index is 5.81. The Kier molecular flexibility index (Phi) is 5.53. The molecule has 1 nitrogen and oxygen atoms in total. The summed E-state index contributed by atoms with van der Waals surface area (Å²) in [5.74, 6) is 1.73. The van der Waals surface area contributed by atoms with Crippen molar-refractivity contribution in [2.24, 2.45) is 0 Å². The molecule has 0 fully saturated rings. The van der Waals surface area contributed by atoms with Gasteiger partial charge in [0.15, 0.2) is 0 Å². The molecule has 0 N–H and O–H groups in total. The molecule has 5 heteroatoms. The minimum atomic E-state index is -2.04. The van der Waals surface area contributed by atoms with E-state index in [0.29, 0.717) is 0 Å². The Morgan fingerprint density at radius 2 is 1.50 bits per heavy atom. The number of rotatable bonds is 4. The second kappa shape index (κ2) is 6.72. The van der Waals surface area contributed by atoms with Crippen molar-refractivity contribution in [3.63, 3.8) is 0 Å². The van der Waals surface area contributed by atoms with Gasteiger partial charge in [-0.2, -0.15) is 0 Å². The van der Waals surface area contributed by atoms with Gasteiger partial charge in [-0.15, -0.1) is 0 Å². The van der Waals surface area contributed by atoms with Crippen LogP contribution in [0.3, 0.4) is 0 Å². The van der Waals surface area contributed by atoms with E-state index in [4.69, 9.17) is 4.74 Å². The molecule has 0 amide bonds. The summed E-state index contributed by atoms with van der Waals surface area (Å²) < 4.78 is 6.79. The van der Waals surface area contributed by atoms with Gasteiger partial charge in [0.25, 0.3) is 0 Å². The van der Waals surface area contributed by atoms with Crippen molar-refractivity contribution in [2.75, 3.05) is 0 Å². The standard InChI is InChI=1S/C13H11Br3IO/c14-17(15,16)10-11-5-4-8-13(9-11)18-12-6-2-1-3-7-12/h1-9H,10H2/q-1. The second-order valence-electron chi connectivity index (χ2n) is 3.66. The third-order valence-corrected chi connectivity index (χ3v) is 8.19. The van der Waals surface area contributed by atoms with Crippen molar-refractivity contribution in [1.82, 2.24) is 0 Å². The Bertz CT molecular complexity index is 511. The van der Waals surface area contributed by atoms with Crippen LogP contribution in [0.25, 0.3) is 0 Å². The van der Waals surface area contributed by atoms with Crippen LogP contribution < -0.4 is 16.5 Å². The first-order valence-electron chi connectivity index (χ1n) is 5.19. The Labute approximate surface area is 129 Å². The Hall–Kier alpha value is 0.410. The van der Waals surface area contributed by atoms with Crippen molar-refractivity contribution in [2.45, 2.75) is 4.43 Å². The number of halogens is 4. The van der Waals surface area contributed by atoms with Gasteiger partial charge in [0.2, 0.25) is 0 Å². The number of para-hydroxylation sites is 1. The van der Waals surface area contributed by atoms with Crippen LogP contribution in [0.2, 0.25) is 0 Å². The van der Waals surface area contributed by atoms with E-state index in [1.807, 2.05) is 42.5 Å². The third-order valence-electron chi connectivity index (χ3n) is 2.18. The van der Waals surface area contributed by atoms with Gasteiger partial charge in [-0.25, -0.2) is 0 Å². The maximum absolute atomic E-state index is 5.81.